The summed E-state index contributed by atoms with van der Waals surface area (Å²) in [6.45, 7) is 0.786. The maximum absolute atomic E-state index is 12.2. The highest BCUT2D eigenvalue weighted by molar-refractivity contribution is 5.79. The fraction of sp³-hybridized carbons (Fsp3) is 0.400. The van der Waals surface area contributed by atoms with Crippen molar-refractivity contribution in [1.82, 2.24) is 4.98 Å². The summed E-state index contributed by atoms with van der Waals surface area (Å²) in [4.78, 5) is 14.8. The van der Waals surface area contributed by atoms with Gasteiger partial charge in [0.2, 0.25) is 0 Å². The number of alkyl halides is 1. The molecule has 0 saturated carbocycles. The first-order valence-corrected chi connectivity index (χ1v) is 4.52. The molecule has 82 valence electrons. The Morgan fingerprint density at radius 2 is 2.40 bits per heavy atom. The Bertz CT molecular complexity index is 366. The first kappa shape index (κ1) is 11.6. The van der Waals surface area contributed by atoms with Crippen molar-refractivity contribution in [3.63, 3.8) is 0 Å². The molecule has 1 aromatic heterocycles. The van der Waals surface area contributed by atoms with Crippen LogP contribution in [0.3, 0.4) is 0 Å². The lowest BCUT2D eigenvalue weighted by atomic mass is 9.93. The van der Waals surface area contributed by atoms with Crippen LogP contribution in [0.4, 0.5) is 4.39 Å². The SMILES string of the molecule is CC(N)(C(=O)O)c1ncccc1CCF. The van der Waals surface area contributed by atoms with Gasteiger partial charge >= 0.3 is 5.97 Å². The topological polar surface area (TPSA) is 76.2 Å². The maximum Gasteiger partial charge on any atom is 0.329 e. The Morgan fingerprint density at radius 3 is 2.93 bits per heavy atom. The van der Waals surface area contributed by atoms with Crippen molar-refractivity contribution in [2.45, 2.75) is 18.9 Å². The van der Waals surface area contributed by atoms with Gasteiger partial charge in [0.15, 0.2) is 5.54 Å². The van der Waals surface area contributed by atoms with Crippen molar-refractivity contribution in [2.24, 2.45) is 5.73 Å². The van der Waals surface area contributed by atoms with E-state index in [0.717, 1.165) is 0 Å². The molecule has 0 aliphatic carbocycles. The third-order valence-corrected chi connectivity index (χ3v) is 2.19. The highest BCUT2D eigenvalue weighted by Crippen LogP contribution is 2.20. The number of aryl methyl sites for hydroxylation is 1. The van der Waals surface area contributed by atoms with Crippen molar-refractivity contribution in [3.8, 4) is 0 Å². The molecule has 1 atom stereocenters. The van der Waals surface area contributed by atoms with E-state index in [0.29, 0.717) is 5.56 Å². The van der Waals surface area contributed by atoms with Crippen LogP contribution in [0.5, 0.6) is 0 Å². The van der Waals surface area contributed by atoms with Gasteiger partial charge in [-0.1, -0.05) is 6.07 Å². The number of hydrogen-bond donors (Lipinski definition) is 2. The number of carboxylic acid groups (broad SMARTS) is 1. The number of carboxylic acids is 1. The smallest absolute Gasteiger partial charge is 0.329 e. The molecule has 0 bridgehead atoms. The van der Waals surface area contributed by atoms with Crippen molar-refractivity contribution < 1.29 is 14.3 Å². The number of pyridine rings is 1. The quantitative estimate of drug-likeness (QED) is 0.775. The monoisotopic (exact) mass is 212 g/mol. The first-order chi connectivity index (χ1) is 7.00. The van der Waals surface area contributed by atoms with Crippen molar-refractivity contribution in [1.29, 1.82) is 0 Å². The summed E-state index contributed by atoms with van der Waals surface area (Å²) in [6, 6.07) is 3.27. The second-order valence-electron chi connectivity index (χ2n) is 3.46. The Morgan fingerprint density at radius 1 is 1.73 bits per heavy atom. The summed E-state index contributed by atoms with van der Waals surface area (Å²) in [7, 11) is 0. The molecule has 0 spiro atoms. The molecular formula is C10H13FN2O2. The van der Waals surface area contributed by atoms with Gasteiger partial charge in [-0.25, -0.2) is 4.79 Å². The van der Waals surface area contributed by atoms with E-state index in [-0.39, 0.29) is 12.1 Å². The van der Waals surface area contributed by atoms with E-state index in [9.17, 15) is 9.18 Å². The zero-order valence-corrected chi connectivity index (χ0v) is 8.40. The molecule has 0 amide bonds. The number of nitrogens with two attached hydrogens (primary N) is 1. The van der Waals surface area contributed by atoms with Crippen molar-refractivity contribution >= 4 is 5.97 Å². The average Bonchev–Trinajstić information content (AvgIpc) is 2.18. The highest BCUT2D eigenvalue weighted by Gasteiger charge is 2.33. The van der Waals surface area contributed by atoms with Gasteiger partial charge < -0.3 is 10.8 Å². The molecule has 0 radical (unpaired) electrons. The van der Waals surface area contributed by atoms with Crippen LogP contribution in [0.1, 0.15) is 18.2 Å². The summed E-state index contributed by atoms with van der Waals surface area (Å²) in [6.07, 6.45) is 1.58. The summed E-state index contributed by atoms with van der Waals surface area (Å²) >= 11 is 0. The third kappa shape index (κ3) is 2.30. The number of carbonyl (C=O) groups is 1. The van der Waals surface area contributed by atoms with Crippen LogP contribution >= 0.6 is 0 Å². The van der Waals surface area contributed by atoms with Crippen LogP contribution < -0.4 is 5.73 Å². The van der Waals surface area contributed by atoms with Crippen LogP contribution in [-0.4, -0.2) is 22.7 Å². The largest absolute Gasteiger partial charge is 0.480 e. The average molecular weight is 212 g/mol. The second-order valence-corrected chi connectivity index (χ2v) is 3.46. The fourth-order valence-electron chi connectivity index (χ4n) is 1.31. The number of aliphatic carboxylic acids is 1. The molecule has 0 fully saturated rings. The van der Waals surface area contributed by atoms with Crippen LogP contribution in [0.15, 0.2) is 18.3 Å². The summed E-state index contributed by atoms with van der Waals surface area (Å²) in [5.41, 5.74) is 4.80. The van der Waals surface area contributed by atoms with E-state index >= 15 is 0 Å². The minimum Gasteiger partial charge on any atom is -0.480 e. The molecule has 0 aliphatic heterocycles. The molecule has 1 aromatic rings. The van der Waals surface area contributed by atoms with E-state index in [1.54, 1.807) is 12.1 Å². The van der Waals surface area contributed by atoms with E-state index in [4.69, 9.17) is 10.8 Å². The van der Waals surface area contributed by atoms with Crippen LogP contribution in [0, 0.1) is 0 Å². The molecule has 1 rings (SSSR count). The minimum atomic E-state index is -1.58. The van der Waals surface area contributed by atoms with Crippen LogP contribution in [0.2, 0.25) is 0 Å². The van der Waals surface area contributed by atoms with Gasteiger partial charge in [-0.3, -0.25) is 9.37 Å². The molecule has 3 N–H and O–H groups in total. The van der Waals surface area contributed by atoms with Crippen molar-refractivity contribution in [2.75, 3.05) is 6.67 Å². The second kappa shape index (κ2) is 4.35. The van der Waals surface area contributed by atoms with E-state index < -0.39 is 18.2 Å². The summed E-state index contributed by atoms with van der Waals surface area (Å²) < 4.78 is 12.2. The molecule has 1 unspecified atom stereocenters. The zero-order valence-electron chi connectivity index (χ0n) is 8.40. The predicted molar refractivity (Wildman–Crippen MR) is 53.1 cm³/mol. The van der Waals surface area contributed by atoms with Gasteiger partial charge in [-0.15, -0.1) is 0 Å². The lowest BCUT2D eigenvalue weighted by molar-refractivity contribution is -0.143. The number of rotatable bonds is 4. The molecule has 5 heteroatoms. The Labute approximate surface area is 86.9 Å². The number of hydrogen-bond acceptors (Lipinski definition) is 3. The molecule has 4 nitrogen and oxygen atoms in total. The number of halogens is 1. The molecule has 1 heterocycles. The molecule has 0 aliphatic rings. The maximum atomic E-state index is 12.2. The van der Waals surface area contributed by atoms with E-state index in [1.165, 1.54) is 13.1 Å². The summed E-state index contributed by atoms with van der Waals surface area (Å²) in [5.74, 6) is -1.18. The molecule has 15 heavy (non-hydrogen) atoms. The number of nitrogens with zero attached hydrogens (tertiary/aromatic N) is 1. The van der Waals surface area contributed by atoms with Crippen LogP contribution in [0.25, 0.3) is 0 Å². The molecule has 0 saturated heterocycles. The lowest BCUT2D eigenvalue weighted by Gasteiger charge is -2.21. The molecular weight excluding hydrogens is 199 g/mol. The van der Waals surface area contributed by atoms with Crippen molar-refractivity contribution in [3.05, 3.63) is 29.6 Å². The van der Waals surface area contributed by atoms with Gasteiger partial charge in [0.1, 0.15) is 0 Å². The predicted octanol–water partition coefficient (Wildman–Crippen LogP) is 0.852. The summed E-state index contributed by atoms with van der Waals surface area (Å²) in [5, 5.41) is 8.93. The standard InChI is InChI=1S/C10H13FN2O2/c1-10(12,9(14)15)8-7(4-5-11)3-2-6-13-8/h2-3,6H,4-5,12H2,1H3,(H,14,15). The van der Waals surface area contributed by atoms with Gasteiger partial charge in [0.25, 0.3) is 0 Å². The normalized spacial score (nSPS) is 14.6. The van der Waals surface area contributed by atoms with Gasteiger partial charge in [-0.05, 0) is 18.6 Å². The van der Waals surface area contributed by atoms with Crippen LogP contribution in [-0.2, 0) is 16.8 Å². The minimum absolute atomic E-state index is 0.128. The zero-order chi connectivity index (χ0) is 11.5. The molecule has 0 aromatic carbocycles. The fourth-order valence-corrected chi connectivity index (χ4v) is 1.31. The van der Waals surface area contributed by atoms with Gasteiger partial charge in [-0.2, -0.15) is 0 Å². The highest BCUT2D eigenvalue weighted by atomic mass is 19.1. The first-order valence-electron chi connectivity index (χ1n) is 4.52. The van der Waals surface area contributed by atoms with E-state index in [2.05, 4.69) is 4.98 Å². The number of aromatic nitrogens is 1. The van der Waals surface area contributed by atoms with E-state index in [1.807, 2.05) is 0 Å². The van der Waals surface area contributed by atoms with Gasteiger partial charge in [0, 0.05) is 12.6 Å². The Balaban J connectivity index is 3.18. The Kier molecular flexibility index (Phi) is 3.36. The van der Waals surface area contributed by atoms with Gasteiger partial charge in [0.05, 0.1) is 12.4 Å². The third-order valence-electron chi connectivity index (χ3n) is 2.19. The Hall–Kier alpha value is -1.49. The lowest BCUT2D eigenvalue weighted by Crippen LogP contribution is -2.43.